The van der Waals surface area contributed by atoms with E-state index in [1.807, 2.05) is 32.9 Å². The summed E-state index contributed by atoms with van der Waals surface area (Å²) in [6, 6.07) is -5.51. The van der Waals surface area contributed by atoms with Crippen molar-refractivity contribution in [3.05, 3.63) is 23.7 Å². The van der Waals surface area contributed by atoms with Crippen LogP contribution in [-0.4, -0.2) is 314 Å². The average molecular weight is 1840 g/mol. The highest BCUT2D eigenvalue weighted by Gasteiger charge is 2.56. The summed E-state index contributed by atoms with van der Waals surface area (Å²) in [6.45, 7) is 45.4. The normalized spacial score (nSPS) is 30.4. The van der Waals surface area contributed by atoms with Crippen LogP contribution in [0, 0.1) is 11.8 Å². The molecule has 24 atom stereocenters. The van der Waals surface area contributed by atoms with E-state index in [1.165, 1.54) is 20.9 Å². The van der Waals surface area contributed by atoms with Crippen molar-refractivity contribution >= 4 is 54.6 Å². The van der Waals surface area contributed by atoms with E-state index in [1.54, 1.807) is 159 Å². The Balaban J connectivity index is 0.000000463. The fourth-order valence-corrected chi connectivity index (χ4v) is 14.5. The van der Waals surface area contributed by atoms with Crippen LogP contribution in [0.1, 0.15) is 251 Å². The smallest absolute Gasteiger partial charge is 0.467 e. The number of nitrogens with zero attached hydrogens (tertiary/aromatic N) is 1. The van der Waals surface area contributed by atoms with E-state index in [9.17, 15) is 84.0 Å². The van der Waals surface area contributed by atoms with Crippen molar-refractivity contribution in [2.75, 3.05) is 40.4 Å². The van der Waals surface area contributed by atoms with Gasteiger partial charge < -0.3 is 159 Å². The van der Waals surface area contributed by atoms with Gasteiger partial charge in [-0.15, -0.1) is 0 Å². The quantitative estimate of drug-likeness (QED) is 0.0233. The Morgan fingerprint density at radius 1 is 0.453 bits per heavy atom. The van der Waals surface area contributed by atoms with Crippen molar-refractivity contribution in [1.29, 1.82) is 0 Å². The number of likely N-dealkylation sites (N-methyl/N-ethyl adjacent to an activating group) is 2. The fraction of sp³-hybridized carbons (Fsp3) is 0.851. The lowest BCUT2D eigenvalue weighted by atomic mass is 9.79. The molecule has 128 heavy (non-hydrogen) atoms. The third-order valence-electron chi connectivity index (χ3n) is 19.9. The predicted octanol–water partition coefficient (Wildman–Crippen LogP) is 7.12. The van der Waals surface area contributed by atoms with Gasteiger partial charge >= 0.3 is 42.8 Å². The first kappa shape index (κ1) is 113. The van der Waals surface area contributed by atoms with E-state index in [0.29, 0.717) is 37.2 Å². The Morgan fingerprint density at radius 2 is 0.781 bits per heavy atom. The monoisotopic (exact) mass is 1840 g/mol. The first-order valence-corrected chi connectivity index (χ1v) is 44.0. The van der Waals surface area contributed by atoms with Gasteiger partial charge in [0, 0.05) is 33.0 Å². The summed E-state index contributed by atoms with van der Waals surface area (Å²) in [5.41, 5.74) is -8.50. The van der Waals surface area contributed by atoms with Gasteiger partial charge in [-0.25, -0.2) is 33.6 Å². The first-order valence-electron chi connectivity index (χ1n) is 44.0. The Kier molecular flexibility index (Phi) is 42.1. The zero-order chi connectivity index (χ0) is 97.7. The number of alkyl carbamates (subject to hydrolysis) is 4. The molecule has 6 rings (SSSR count). The molecule has 41 heteroatoms. The van der Waals surface area contributed by atoms with Crippen molar-refractivity contribution in [3.8, 4) is 0 Å². The summed E-state index contributed by atoms with van der Waals surface area (Å²) in [6.07, 6.45) is -17.4. The number of hydrogen-bond donors (Lipinski definition) is 15. The van der Waals surface area contributed by atoms with Crippen LogP contribution in [0.25, 0.3) is 0 Å². The number of aliphatic hydroxyl groups excluding tert-OH is 6. The minimum absolute atomic E-state index is 0.0508. The minimum Gasteiger partial charge on any atom is -0.467 e. The van der Waals surface area contributed by atoms with Gasteiger partial charge in [0.25, 0.3) is 0 Å². The van der Waals surface area contributed by atoms with Crippen LogP contribution in [-0.2, 0) is 85.4 Å². The summed E-state index contributed by atoms with van der Waals surface area (Å²) in [5.74, 6) is -1.24. The summed E-state index contributed by atoms with van der Waals surface area (Å²) in [5, 5.41) is 110. The van der Waals surface area contributed by atoms with Gasteiger partial charge in [0.1, 0.15) is 99.2 Å². The third-order valence-corrected chi connectivity index (χ3v) is 19.9. The molecule has 4 heterocycles. The molecule has 0 aromatic carbocycles. The zero-order valence-electron chi connectivity index (χ0n) is 80.5. The molecule has 0 spiro atoms. The van der Waals surface area contributed by atoms with Crippen molar-refractivity contribution < 1.29 is 160 Å². The SMILES string of the molecule is CC(C)(C)OC(=O)OC(=O)OC(C)(C)C.CCCC1=CC[C@@H](NC(=O)OC(C)(C)C)[C@@H](O[C@H]2[C@H](O)[C@@H](O[C@H]3OC[C@](C)(O)[C@H](N(C)C(=O)OC(C)(C)C)[C@H]3O)[C@H](NC(=O)[C@@H](O)CCNC(=O)OC(C)(C)C)C[C@@H]2C)O1.CCCC1=CC[C@@H](NC(=O)OC(C)(C)C)[C@@H](O[C@H]2[C@H](O)[C@@H](O[C@H]3OC[C@](C)(O)[C@H](NC)[C@H]3O)[C@H](NC(=O)[C@@H](O)CCNC(=O)OC(C)(C)C)C[C@@H]2C)O1. The number of ether oxygens (including phenoxy) is 16. The molecular weight excluding hydrogens is 1680 g/mol. The van der Waals surface area contributed by atoms with Gasteiger partial charge in [0.15, 0.2) is 12.6 Å². The molecule has 2 aliphatic carbocycles. The number of rotatable bonds is 26. The van der Waals surface area contributed by atoms with Gasteiger partial charge in [0.2, 0.25) is 24.4 Å². The Hall–Kier alpha value is -7.49. The van der Waals surface area contributed by atoms with Gasteiger partial charge in [-0.05, 0) is 242 Å². The number of amides is 7. The molecule has 0 unspecified atom stereocenters. The predicted molar refractivity (Wildman–Crippen MR) is 461 cm³/mol. The standard InChI is InChI=1S/C41H72N4O15.C36H64N4O13.C10H18O5/c1-14-15-23-16-17-24(44-36(51)59-39(6,7)8)33(55-23)56-29-22(2)20-25(43-32(49)26(46)18-19-42-35(50)58-38(3,4)5)30(27(29)47)57-34-28(48)31(41(12,53)21-54-34)45(13)37(52)60-40(9,10)11;1-11-12-20-13-14-21(40-33(46)53-35(6,7)8)30(49-20)50-26-19(2)17-22(39-29(44)23(41)15-16-38-32(45)52-34(3,4)5)27(24(26)42)51-31-25(43)28(37-10)36(9,47)18-48-31;1-9(2,3)14-7(11)13-8(12)15-10(4,5)6/h16,22,24-31,33-34,46-48,53H,14-15,17-21H2,1-13H3,(H,42,50)(H,43,49)(H,44,51);13,19,21-28,30-31,37,41-43,47H,11-12,14-18H2,1-10H3,(H,38,45)(H,39,44)(H,40,46);1-6H3/t22-,24+,25+,26-,27-,28+,29+,30-,31+,33+,34+,41-;19-,21+,22+,23-,24-,25+,26+,27-,28+,30+,31+,36-;/m00./s1. The number of nitrogens with one attached hydrogen (secondary N) is 7. The number of hydrogen-bond acceptors (Lipinski definition) is 34. The second kappa shape index (κ2) is 47.7. The third kappa shape index (κ3) is 38.7. The lowest BCUT2D eigenvalue weighted by Crippen LogP contribution is -2.69. The zero-order valence-corrected chi connectivity index (χ0v) is 80.5. The fourth-order valence-electron chi connectivity index (χ4n) is 14.5. The van der Waals surface area contributed by atoms with Crippen LogP contribution in [0.2, 0.25) is 0 Å². The van der Waals surface area contributed by atoms with Gasteiger partial charge in [-0.2, -0.15) is 0 Å². The van der Waals surface area contributed by atoms with Crippen molar-refractivity contribution in [3.63, 3.8) is 0 Å². The first-order chi connectivity index (χ1) is 58.6. The molecule has 15 N–H and O–H groups in total. The Labute approximate surface area is 753 Å². The molecule has 2 saturated carbocycles. The van der Waals surface area contributed by atoms with E-state index in [4.69, 9.17) is 71.1 Å². The summed E-state index contributed by atoms with van der Waals surface area (Å²) in [7, 11) is 2.93. The van der Waals surface area contributed by atoms with E-state index in [0.717, 1.165) is 17.7 Å². The maximum absolute atomic E-state index is 13.5. The van der Waals surface area contributed by atoms with E-state index >= 15 is 0 Å². The molecule has 4 fully saturated rings. The van der Waals surface area contributed by atoms with Crippen LogP contribution < -0.4 is 37.2 Å². The van der Waals surface area contributed by atoms with Crippen molar-refractivity contribution in [2.45, 2.75) is 424 Å². The van der Waals surface area contributed by atoms with Crippen LogP contribution in [0.4, 0.5) is 33.6 Å². The van der Waals surface area contributed by atoms with Gasteiger partial charge in [-0.3, -0.25) is 9.59 Å². The summed E-state index contributed by atoms with van der Waals surface area (Å²) in [4.78, 5) is 113. The lowest BCUT2D eigenvalue weighted by Gasteiger charge is -2.50. The molecule has 4 aliphatic heterocycles. The lowest BCUT2D eigenvalue weighted by molar-refractivity contribution is -0.313. The maximum atomic E-state index is 13.5. The summed E-state index contributed by atoms with van der Waals surface area (Å²) >= 11 is 0. The molecule has 6 aliphatic rings. The molecule has 0 aromatic heterocycles. The average Bonchev–Trinajstić information content (AvgIpc) is 0.772. The highest BCUT2D eigenvalue weighted by atomic mass is 16.8. The largest absolute Gasteiger partial charge is 0.519 e. The van der Waals surface area contributed by atoms with Crippen molar-refractivity contribution in [2.24, 2.45) is 11.8 Å². The molecule has 0 aromatic rings. The topological polar surface area (TPSA) is 551 Å². The second-order valence-corrected chi connectivity index (χ2v) is 40.7. The Bertz CT molecular complexity index is 3610. The molecule has 2 saturated heterocycles. The van der Waals surface area contributed by atoms with Crippen LogP contribution in [0.5, 0.6) is 0 Å². The molecule has 41 nitrogen and oxygen atoms in total. The van der Waals surface area contributed by atoms with Crippen molar-refractivity contribution in [1.82, 2.24) is 42.1 Å². The number of aliphatic hydroxyl groups is 8. The van der Waals surface area contributed by atoms with Crippen LogP contribution >= 0.6 is 0 Å². The molecule has 0 bridgehead atoms. The highest BCUT2D eigenvalue weighted by molar-refractivity contribution is 5.82. The highest BCUT2D eigenvalue weighted by Crippen LogP contribution is 2.40. The maximum Gasteiger partial charge on any atom is 0.519 e. The second-order valence-electron chi connectivity index (χ2n) is 40.7. The molecule has 7 amide bonds. The molecular formula is C87H154N8O33. The number of carbonyl (C=O) groups is 9. The van der Waals surface area contributed by atoms with Gasteiger partial charge in [-0.1, -0.05) is 27.7 Å². The number of allylic oxidation sites excluding steroid dienone is 2. The summed E-state index contributed by atoms with van der Waals surface area (Å²) < 4.78 is 90.2. The minimum atomic E-state index is -1.78. The van der Waals surface area contributed by atoms with E-state index in [2.05, 4.69) is 42.0 Å². The Morgan fingerprint density at radius 3 is 1.12 bits per heavy atom. The van der Waals surface area contributed by atoms with E-state index in [-0.39, 0.29) is 45.4 Å². The van der Waals surface area contributed by atoms with Crippen LogP contribution in [0.3, 0.4) is 0 Å². The van der Waals surface area contributed by atoms with Crippen LogP contribution in [0.15, 0.2) is 23.7 Å². The van der Waals surface area contributed by atoms with Gasteiger partial charge in [0.05, 0.1) is 73.2 Å². The molecule has 0 radical (unpaired) electrons. The molecule has 740 valence electrons. The number of carbonyl (C=O) groups excluding carboxylic acids is 9. The van der Waals surface area contributed by atoms with E-state index < -0.39 is 246 Å².